The molecule has 2 aromatic rings. The fourth-order valence-electron chi connectivity index (χ4n) is 3.89. The Kier molecular flexibility index (Phi) is 6.96. The van der Waals surface area contributed by atoms with Crippen LogP contribution in [0.15, 0.2) is 48.0 Å². The van der Waals surface area contributed by atoms with Gasteiger partial charge >= 0.3 is 0 Å². The van der Waals surface area contributed by atoms with Gasteiger partial charge in [-0.2, -0.15) is 0 Å². The maximum Gasteiger partial charge on any atom is 0.295 e. The molecule has 1 aliphatic rings. The summed E-state index contributed by atoms with van der Waals surface area (Å²) in [6, 6.07) is 11.4. The van der Waals surface area contributed by atoms with Gasteiger partial charge in [0, 0.05) is 29.8 Å². The van der Waals surface area contributed by atoms with Crippen molar-refractivity contribution in [1.82, 2.24) is 4.90 Å². The number of methoxy groups -OCH3 is 2. The van der Waals surface area contributed by atoms with E-state index in [1.165, 1.54) is 12.0 Å². The predicted molar refractivity (Wildman–Crippen MR) is 124 cm³/mol. The van der Waals surface area contributed by atoms with E-state index < -0.39 is 17.7 Å². The zero-order valence-corrected chi connectivity index (χ0v) is 19.7. The molecular weight excluding hydrogens is 430 g/mol. The molecule has 0 radical (unpaired) electrons. The lowest BCUT2D eigenvalue weighted by atomic mass is 9.84. The lowest BCUT2D eigenvalue weighted by Crippen LogP contribution is -2.32. The van der Waals surface area contributed by atoms with Crippen molar-refractivity contribution >= 4 is 29.1 Å². The number of carbonyl (C=O) groups is 2. The predicted octanol–water partition coefficient (Wildman–Crippen LogP) is 4.71. The molecule has 1 unspecified atom stereocenters. The first kappa shape index (κ1) is 23.8. The highest BCUT2D eigenvalue weighted by Crippen LogP contribution is 2.41. The number of aliphatic hydroxyl groups excluding tert-OH is 1. The van der Waals surface area contributed by atoms with Crippen LogP contribution in [0.2, 0.25) is 5.02 Å². The normalized spacial score (nSPS) is 18.3. The summed E-state index contributed by atoms with van der Waals surface area (Å²) in [6.45, 7) is 6.57. The largest absolute Gasteiger partial charge is 0.507 e. The zero-order chi connectivity index (χ0) is 23.6. The highest BCUT2D eigenvalue weighted by molar-refractivity contribution is 6.46. The number of hydrogen-bond acceptors (Lipinski definition) is 5. The Morgan fingerprint density at radius 3 is 2.31 bits per heavy atom. The van der Waals surface area contributed by atoms with Gasteiger partial charge in [0.15, 0.2) is 0 Å². The molecule has 1 amide bonds. The average Bonchev–Trinajstić information content (AvgIpc) is 3.01. The molecule has 32 heavy (non-hydrogen) atoms. The van der Waals surface area contributed by atoms with E-state index in [4.69, 9.17) is 21.1 Å². The first-order valence-corrected chi connectivity index (χ1v) is 10.7. The summed E-state index contributed by atoms with van der Waals surface area (Å²) in [5, 5.41) is 11.8. The first-order chi connectivity index (χ1) is 15.1. The van der Waals surface area contributed by atoms with Crippen LogP contribution in [0.4, 0.5) is 0 Å². The van der Waals surface area contributed by atoms with Crippen molar-refractivity contribution in [3.05, 3.63) is 69.8 Å². The molecule has 7 heteroatoms. The van der Waals surface area contributed by atoms with Crippen molar-refractivity contribution in [3.8, 4) is 5.75 Å². The van der Waals surface area contributed by atoms with E-state index in [0.717, 1.165) is 5.56 Å². The highest BCUT2D eigenvalue weighted by Gasteiger charge is 2.46. The molecule has 170 valence electrons. The van der Waals surface area contributed by atoms with Crippen LogP contribution in [0.5, 0.6) is 5.75 Å². The lowest BCUT2D eigenvalue weighted by molar-refractivity contribution is -0.140. The van der Waals surface area contributed by atoms with Crippen LogP contribution in [-0.2, 0) is 19.7 Å². The molecule has 0 bridgehead atoms. The van der Waals surface area contributed by atoms with Crippen LogP contribution in [0.3, 0.4) is 0 Å². The number of rotatable bonds is 6. The summed E-state index contributed by atoms with van der Waals surface area (Å²) < 4.78 is 10.6. The van der Waals surface area contributed by atoms with Crippen molar-refractivity contribution < 1.29 is 24.2 Å². The highest BCUT2D eigenvalue weighted by atomic mass is 35.5. The molecule has 3 rings (SSSR count). The Hall–Kier alpha value is -2.83. The smallest absolute Gasteiger partial charge is 0.295 e. The third-order valence-electron chi connectivity index (χ3n) is 5.54. The van der Waals surface area contributed by atoms with Gasteiger partial charge in [0.25, 0.3) is 11.7 Å². The molecule has 0 spiro atoms. The number of amides is 1. The second-order valence-corrected chi connectivity index (χ2v) is 9.14. The number of likely N-dealkylation sites (tertiary alicyclic amines) is 1. The van der Waals surface area contributed by atoms with Gasteiger partial charge in [-0.05, 0) is 41.3 Å². The van der Waals surface area contributed by atoms with Crippen LogP contribution in [-0.4, -0.2) is 49.1 Å². The van der Waals surface area contributed by atoms with E-state index in [-0.39, 0.29) is 29.9 Å². The van der Waals surface area contributed by atoms with Gasteiger partial charge in [0.1, 0.15) is 11.5 Å². The van der Waals surface area contributed by atoms with E-state index in [0.29, 0.717) is 21.9 Å². The quantitative estimate of drug-likeness (QED) is 0.386. The summed E-state index contributed by atoms with van der Waals surface area (Å²) in [6.07, 6.45) is 0. The number of aliphatic hydroxyl groups is 1. The minimum absolute atomic E-state index is 0.0402. The number of ether oxygens (including phenoxy) is 2. The van der Waals surface area contributed by atoms with Gasteiger partial charge in [-0.15, -0.1) is 0 Å². The number of ketones is 1. The molecule has 1 fully saturated rings. The summed E-state index contributed by atoms with van der Waals surface area (Å²) in [5.74, 6) is -0.944. The Bertz CT molecular complexity index is 1050. The van der Waals surface area contributed by atoms with E-state index >= 15 is 0 Å². The molecule has 0 aliphatic carbocycles. The fourth-order valence-corrected chi connectivity index (χ4v) is 4.01. The van der Waals surface area contributed by atoms with Gasteiger partial charge in [0.05, 0.1) is 25.3 Å². The van der Waals surface area contributed by atoms with Crippen LogP contribution in [0.1, 0.15) is 43.5 Å². The molecular formula is C25H28ClNO5. The number of benzene rings is 2. The van der Waals surface area contributed by atoms with Crippen molar-refractivity contribution in [2.45, 2.75) is 32.2 Å². The third-order valence-corrected chi connectivity index (χ3v) is 5.79. The third kappa shape index (κ3) is 4.52. The summed E-state index contributed by atoms with van der Waals surface area (Å²) in [7, 11) is 3.12. The number of carbonyl (C=O) groups excluding carboxylic acids is 2. The Morgan fingerprint density at radius 2 is 1.75 bits per heavy atom. The number of halogens is 1. The fraction of sp³-hybridized carbons (Fsp3) is 0.360. The van der Waals surface area contributed by atoms with Crippen molar-refractivity contribution in [2.24, 2.45) is 0 Å². The van der Waals surface area contributed by atoms with Crippen molar-refractivity contribution in [2.75, 3.05) is 27.4 Å². The minimum atomic E-state index is -0.748. The molecule has 1 saturated heterocycles. The Morgan fingerprint density at radius 1 is 1.09 bits per heavy atom. The van der Waals surface area contributed by atoms with Crippen LogP contribution < -0.4 is 4.74 Å². The summed E-state index contributed by atoms with van der Waals surface area (Å²) in [4.78, 5) is 27.3. The summed E-state index contributed by atoms with van der Waals surface area (Å²) in [5.41, 5.74) is 1.77. The summed E-state index contributed by atoms with van der Waals surface area (Å²) >= 11 is 6.04. The van der Waals surface area contributed by atoms with Crippen LogP contribution >= 0.6 is 11.6 Å². The zero-order valence-electron chi connectivity index (χ0n) is 18.9. The minimum Gasteiger partial charge on any atom is -0.507 e. The molecule has 0 saturated carbocycles. The second-order valence-electron chi connectivity index (χ2n) is 8.70. The number of nitrogens with zero attached hydrogens (tertiary/aromatic N) is 1. The first-order valence-electron chi connectivity index (χ1n) is 10.3. The molecule has 1 atom stereocenters. The number of Topliss-reactive ketones (excluding diaryl/α,β-unsaturated/α-hetero) is 1. The molecule has 2 aromatic carbocycles. The van der Waals surface area contributed by atoms with Crippen LogP contribution in [0.25, 0.3) is 5.76 Å². The van der Waals surface area contributed by atoms with E-state index in [1.807, 2.05) is 20.8 Å². The van der Waals surface area contributed by atoms with Crippen molar-refractivity contribution in [3.63, 3.8) is 0 Å². The van der Waals surface area contributed by atoms with E-state index in [2.05, 4.69) is 0 Å². The molecule has 1 heterocycles. The molecule has 1 N–H and O–H groups in total. The lowest BCUT2D eigenvalue weighted by Gasteiger charge is -2.25. The van der Waals surface area contributed by atoms with Gasteiger partial charge in [-0.1, -0.05) is 44.5 Å². The Balaban J connectivity index is 2.20. The van der Waals surface area contributed by atoms with Gasteiger partial charge in [-0.3, -0.25) is 9.59 Å². The maximum absolute atomic E-state index is 13.0. The van der Waals surface area contributed by atoms with Gasteiger partial charge in [0.2, 0.25) is 0 Å². The van der Waals surface area contributed by atoms with Crippen molar-refractivity contribution in [1.29, 1.82) is 0 Å². The second kappa shape index (κ2) is 9.35. The van der Waals surface area contributed by atoms with Crippen LogP contribution in [0, 0.1) is 0 Å². The van der Waals surface area contributed by atoms with E-state index in [1.54, 1.807) is 49.6 Å². The standard InChI is InChI=1S/C25H28ClNO5/c1-25(2,3)18-14-16(8-11-19(18)32-5)22(28)20-21(15-6-9-17(26)10-7-15)27(12-13-31-4)24(30)23(20)29/h6-11,14,21,28H,12-13H2,1-5H3/b22-20-. The Labute approximate surface area is 193 Å². The van der Waals surface area contributed by atoms with Gasteiger partial charge < -0.3 is 19.5 Å². The average molecular weight is 458 g/mol. The molecule has 0 aromatic heterocycles. The maximum atomic E-state index is 13.0. The molecule has 1 aliphatic heterocycles. The SMILES string of the molecule is COCCN1C(=O)C(=O)/C(=C(\O)c2ccc(OC)c(C(C)(C)C)c2)C1c1ccc(Cl)cc1. The topological polar surface area (TPSA) is 76.1 Å². The number of hydrogen-bond donors (Lipinski definition) is 1. The van der Waals surface area contributed by atoms with Gasteiger partial charge in [-0.25, -0.2) is 0 Å². The van der Waals surface area contributed by atoms with E-state index in [9.17, 15) is 14.7 Å². The molecule has 6 nitrogen and oxygen atoms in total. The monoisotopic (exact) mass is 457 g/mol.